The van der Waals surface area contributed by atoms with E-state index in [2.05, 4.69) is 15.0 Å². The fourth-order valence-corrected chi connectivity index (χ4v) is 4.78. The number of thiazole rings is 1. The molecule has 1 saturated heterocycles. The van der Waals surface area contributed by atoms with E-state index in [1.165, 1.54) is 62.8 Å². The van der Waals surface area contributed by atoms with Crippen molar-refractivity contribution in [2.75, 3.05) is 26.2 Å². The van der Waals surface area contributed by atoms with Crippen LogP contribution in [0.15, 0.2) is 35.2 Å². The number of ether oxygens (including phenoxy) is 2. The zero-order valence-electron chi connectivity index (χ0n) is 29.9. The van der Waals surface area contributed by atoms with Crippen LogP contribution in [0.5, 0.6) is 5.75 Å². The molecule has 2 heterocycles. The summed E-state index contributed by atoms with van der Waals surface area (Å²) >= 11 is 1.40. The number of rotatable bonds is 12. The molecule has 12 heteroatoms. The van der Waals surface area contributed by atoms with Crippen molar-refractivity contribution in [2.24, 2.45) is 0 Å². The first-order valence-corrected chi connectivity index (χ1v) is 17.0. The number of hydrogen-bond acceptors (Lipinski definition) is 9. The molecule has 1 aliphatic carbocycles. The van der Waals surface area contributed by atoms with E-state index < -0.39 is 0 Å². The predicted molar refractivity (Wildman–Crippen MR) is 187 cm³/mol. The number of nitrogens with one attached hydrogen (secondary N) is 1. The zero-order valence-corrected chi connectivity index (χ0v) is 32.7. The van der Waals surface area contributed by atoms with Crippen LogP contribution >= 0.6 is 11.3 Å². The number of likely N-dealkylation sites (tertiary alicyclic amines) is 1. The molecule has 0 unspecified atom stereocenters. The molecular weight excluding hydrogens is 641 g/mol. The fraction of sp³-hybridized carbons (Fsp3) is 0.556. The Labute approximate surface area is 314 Å². The van der Waals surface area contributed by atoms with Crippen LogP contribution in [-0.4, -0.2) is 72.1 Å². The molecule has 0 spiro atoms. The summed E-state index contributed by atoms with van der Waals surface area (Å²) < 4.78 is 10.00. The summed E-state index contributed by atoms with van der Waals surface area (Å²) in [7, 11) is 0. The Balaban J connectivity index is 0. The minimum Gasteiger partial charge on any atom is -0.649 e. The van der Waals surface area contributed by atoms with E-state index in [4.69, 9.17) is 4.74 Å². The van der Waals surface area contributed by atoms with Gasteiger partial charge in [0.2, 0.25) is 11.7 Å². The minimum absolute atomic E-state index is 0. The average Bonchev–Trinajstić information content (AvgIpc) is 3.80. The number of aldehydes is 1. The van der Waals surface area contributed by atoms with Gasteiger partial charge in [-0.05, 0) is 58.6 Å². The second-order valence-corrected chi connectivity index (χ2v) is 12.5. The summed E-state index contributed by atoms with van der Waals surface area (Å²) in [6.07, 6.45) is 15.7. The number of unbranched alkanes of at least 4 members (excludes halogenated alkanes) is 2. The maximum absolute atomic E-state index is 12.1. The van der Waals surface area contributed by atoms with E-state index in [1.807, 2.05) is 6.07 Å². The molecule has 2 aliphatic rings. The molecule has 2 fully saturated rings. The van der Waals surface area contributed by atoms with Crippen molar-refractivity contribution in [2.45, 2.75) is 104 Å². The zero-order chi connectivity index (χ0) is 34.0. The third-order valence-electron chi connectivity index (χ3n) is 6.73. The van der Waals surface area contributed by atoms with Crippen molar-refractivity contribution in [1.82, 2.24) is 15.2 Å². The quantitative estimate of drug-likeness (QED) is 0.117. The van der Waals surface area contributed by atoms with Crippen molar-refractivity contribution >= 4 is 41.7 Å². The van der Waals surface area contributed by atoms with E-state index in [-0.39, 0.29) is 66.7 Å². The normalized spacial score (nSPS) is 13.0. The maximum Gasteiger partial charge on any atom is 1.00 e. The molecule has 0 radical (unpaired) electrons. The van der Waals surface area contributed by atoms with E-state index >= 15 is 0 Å². The molecule has 264 valence electrons. The maximum atomic E-state index is 12.1. The second-order valence-electron chi connectivity index (χ2n) is 11.8. The molecule has 1 aromatic heterocycles. The van der Waals surface area contributed by atoms with Gasteiger partial charge in [0, 0.05) is 30.5 Å². The number of nitrogens with zero attached hydrogens (tertiary/aromatic N) is 2. The largest absolute Gasteiger partial charge is 1.00 e. The first-order valence-electron chi connectivity index (χ1n) is 16.1. The van der Waals surface area contributed by atoms with Crippen LogP contribution in [0.4, 0.5) is 0 Å². The van der Waals surface area contributed by atoms with Gasteiger partial charge in [0.05, 0.1) is 30.2 Å². The van der Waals surface area contributed by atoms with Crippen LogP contribution < -0.4 is 39.6 Å². The van der Waals surface area contributed by atoms with Crippen LogP contribution in [0, 0.1) is 13.8 Å². The molecule has 1 N–H and O–H groups in total. The summed E-state index contributed by atoms with van der Waals surface area (Å²) in [4.78, 5) is 59.7. The molecule has 48 heavy (non-hydrogen) atoms. The van der Waals surface area contributed by atoms with Gasteiger partial charge >= 0.3 is 29.6 Å². The van der Waals surface area contributed by atoms with Gasteiger partial charge in [0.25, 0.3) is 0 Å². The number of amides is 2. The molecule has 10 nitrogen and oxygen atoms in total. The third kappa shape index (κ3) is 23.6. The van der Waals surface area contributed by atoms with E-state index in [1.54, 1.807) is 61.7 Å². The van der Waals surface area contributed by atoms with E-state index in [0.29, 0.717) is 30.0 Å². The molecule has 2 amide bonds. The van der Waals surface area contributed by atoms with Gasteiger partial charge in [0.1, 0.15) is 17.7 Å². The van der Waals surface area contributed by atoms with Crippen molar-refractivity contribution < 1.29 is 63.0 Å². The third-order valence-corrected chi connectivity index (χ3v) is 7.32. The molecule has 4 rings (SSSR count). The smallest absolute Gasteiger partial charge is 0.649 e. The SMILES string of the molecule is C1CCCCC1.CC(C)(C)O[C-]=O.C[CH-]C(=O)NCC(=O)N1CCCC1.O=CCCCCOc1cccc(C(=O)c2cscn2)c1.[CH3-].[Na+]. The number of benzene rings is 1. The summed E-state index contributed by atoms with van der Waals surface area (Å²) in [5.74, 6) is 0.398. The minimum atomic E-state index is -0.373. The number of carbonyl (C=O) groups is 4. The van der Waals surface area contributed by atoms with Crippen LogP contribution in [0.3, 0.4) is 0 Å². The van der Waals surface area contributed by atoms with Gasteiger partial charge in [-0.1, -0.05) is 57.1 Å². The molecular formula is C36H54N3NaO7S-2. The molecule has 1 aromatic carbocycles. The Morgan fingerprint density at radius 2 is 1.67 bits per heavy atom. The Morgan fingerprint density at radius 1 is 1.04 bits per heavy atom. The van der Waals surface area contributed by atoms with Gasteiger partial charge in [0.15, 0.2) is 0 Å². The van der Waals surface area contributed by atoms with Crippen molar-refractivity contribution in [3.63, 3.8) is 0 Å². The topological polar surface area (TPSA) is 132 Å². The molecule has 2 aromatic rings. The molecule has 1 aliphatic heterocycles. The van der Waals surface area contributed by atoms with Gasteiger partial charge in [-0.25, -0.2) is 4.98 Å². The number of aromatic nitrogens is 1. The summed E-state index contributed by atoms with van der Waals surface area (Å²) in [6, 6.07) is 7.08. The summed E-state index contributed by atoms with van der Waals surface area (Å²) in [5, 5.41) is 4.25. The van der Waals surface area contributed by atoms with Crippen LogP contribution in [-0.2, 0) is 23.9 Å². The van der Waals surface area contributed by atoms with Gasteiger partial charge in [-0.2, -0.15) is 6.92 Å². The van der Waals surface area contributed by atoms with Crippen LogP contribution in [0.25, 0.3) is 0 Å². The summed E-state index contributed by atoms with van der Waals surface area (Å²) in [6.45, 7) is 10.7. The Morgan fingerprint density at radius 3 is 2.15 bits per heavy atom. The Hall–Kier alpha value is -2.73. The number of hydrogen-bond donors (Lipinski definition) is 1. The first kappa shape index (κ1) is 47.4. The number of ketones is 1. The predicted octanol–water partition coefficient (Wildman–Crippen LogP) is 3.73. The Bertz CT molecular complexity index is 1140. The monoisotopic (exact) mass is 695 g/mol. The average molecular weight is 696 g/mol. The van der Waals surface area contributed by atoms with Crippen molar-refractivity contribution in [1.29, 1.82) is 0 Å². The van der Waals surface area contributed by atoms with Gasteiger partial charge in [-0.15, -0.1) is 11.3 Å². The standard InChI is InChI=1S/C15H15NO3S.C9H15N2O2.C6H12.C5H9O2.CH3.Na/c17-7-2-1-3-8-19-13-6-4-5-12(9-13)15(18)14-10-20-11-16-14;1-2-8(12)10-7-9(13)11-5-3-4-6-11;1-2-4-6-5-3-1;1-5(2,3)7-4-6;;/h4-7,9-11H,1-3,8H2;2H,3-7H2,1H3,(H,10,12);1-6H2;1-3H3;1H3;/q;-1;;2*-1;+1. The van der Waals surface area contributed by atoms with E-state index in [0.717, 1.165) is 45.1 Å². The Kier molecular flexibility index (Phi) is 28.8. The van der Waals surface area contributed by atoms with Gasteiger partial charge < -0.3 is 47.9 Å². The summed E-state index contributed by atoms with van der Waals surface area (Å²) in [5.41, 5.74) is 2.29. The van der Waals surface area contributed by atoms with Crippen molar-refractivity contribution in [3.05, 3.63) is 60.3 Å². The van der Waals surface area contributed by atoms with Crippen molar-refractivity contribution in [3.8, 4) is 5.75 Å². The van der Waals surface area contributed by atoms with Crippen LogP contribution in [0.2, 0.25) is 0 Å². The second kappa shape index (κ2) is 29.2. The molecule has 0 bridgehead atoms. The molecule has 1 saturated carbocycles. The fourth-order valence-electron chi connectivity index (χ4n) is 4.25. The first-order chi connectivity index (χ1) is 22.1. The van der Waals surface area contributed by atoms with Gasteiger partial charge in [-0.3, -0.25) is 9.59 Å². The van der Waals surface area contributed by atoms with E-state index in [9.17, 15) is 24.0 Å². The molecule has 0 atom stereocenters. The van der Waals surface area contributed by atoms with Crippen LogP contribution in [0.1, 0.15) is 114 Å². The number of carbonyl (C=O) groups excluding carboxylic acids is 5.